The van der Waals surface area contributed by atoms with E-state index >= 15 is 0 Å². The van der Waals surface area contributed by atoms with Crippen LogP contribution in [0.5, 0.6) is 0 Å². The van der Waals surface area contributed by atoms with E-state index in [2.05, 4.69) is 10.6 Å². The van der Waals surface area contributed by atoms with E-state index in [4.69, 9.17) is 0 Å². The number of hydrogen-bond donors (Lipinski definition) is 3. The number of carboxylic acid groups (broad SMARTS) is 1. The minimum atomic E-state index is -1.27. The lowest BCUT2D eigenvalue weighted by atomic mass is 9.96. The summed E-state index contributed by atoms with van der Waals surface area (Å²) in [7, 11) is 1.69. The summed E-state index contributed by atoms with van der Waals surface area (Å²) < 4.78 is 0. The number of nitrogens with zero attached hydrogens (tertiary/aromatic N) is 1. The summed E-state index contributed by atoms with van der Waals surface area (Å²) in [4.78, 5) is 36.1. The normalized spacial score (nSPS) is 22.1. The number of urea groups is 1. The van der Waals surface area contributed by atoms with Gasteiger partial charge in [-0.25, -0.2) is 9.59 Å². The second-order valence-electron chi connectivity index (χ2n) is 5.50. The molecular weight excluding hydrogens is 262 g/mol. The third-order valence-corrected chi connectivity index (χ3v) is 3.57. The van der Waals surface area contributed by atoms with Gasteiger partial charge < -0.3 is 20.6 Å². The SMILES string of the molecule is CCCC(C)(NC(=O)NC1CCC(=O)N(C)C1)C(=O)O. The number of nitrogens with one attached hydrogen (secondary N) is 2. The molecule has 0 aromatic rings. The van der Waals surface area contributed by atoms with Crippen molar-refractivity contribution in [3.63, 3.8) is 0 Å². The minimum Gasteiger partial charge on any atom is -0.480 e. The predicted molar refractivity (Wildman–Crippen MR) is 73.3 cm³/mol. The number of hydrogen-bond acceptors (Lipinski definition) is 3. The molecule has 1 heterocycles. The zero-order chi connectivity index (χ0) is 15.3. The van der Waals surface area contributed by atoms with Crippen LogP contribution in [0.15, 0.2) is 0 Å². The second kappa shape index (κ2) is 6.58. The van der Waals surface area contributed by atoms with Crippen LogP contribution < -0.4 is 10.6 Å². The summed E-state index contributed by atoms with van der Waals surface area (Å²) in [5.41, 5.74) is -1.27. The van der Waals surface area contributed by atoms with E-state index in [0.717, 1.165) is 0 Å². The van der Waals surface area contributed by atoms with Gasteiger partial charge in [0.05, 0.1) is 0 Å². The lowest BCUT2D eigenvalue weighted by Crippen LogP contribution is -2.58. The number of rotatable bonds is 5. The van der Waals surface area contributed by atoms with Gasteiger partial charge in [0, 0.05) is 26.1 Å². The van der Waals surface area contributed by atoms with Crippen molar-refractivity contribution in [3.8, 4) is 0 Å². The standard InChI is InChI=1S/C13H23N3O4/c1-4-7-13(2,11(18)19)15-12(20)14-9-5-6-10(17)16(3)8-9/h9H,4-8H2,1-3H3,(H,18,19)(H2,14,15,20). The molecule has 20 heavy (non-hydrogen) atoms. The molecule has 0 aromatic heterocycles. The Morgan fingerprint density at radius 1 is 1.50 bits per heavy atom. The van der Waals surface area contributed by atoms with Crippen molar-refractivity contribution in [1.29, 1.82) is 0 Å². The highest BCUT2D eigenvalue weighted by molar-refractivity contribution is 5.86. The molecule has 2 unspecified atom stereocenters. The molecule has 7 nitrogen and oxygen atoms in total. The van der Waals surface area contributed by atoms with Crippen molar-refractivity contribution in [2.75, 3.05) is 13.6 Å². The van der Waals surface area contributed by atoms with Gasteiger partial charge in [0.1, 0.15) is 5.54 Å². The molecule has 114 valence electrons. The number of aliphatic carboxylic acids is 1. The highest BCUT2D eigenvalue weighted by Crippen LogP contribution is 2.13. The van der Waals surface area contributed by atoms with Gasteiger partial charge in [0.15, 0.2) is 0 Å². The third-order valence-electron chi connectivity index (χ3n) is 3.57. The van der Waals surface area contributed by atoms with Crippen LogP contribution in [-0.4, -0.2) is 53.1 Å². The molecule has 0 saturated carbocycles. The predicted octanol–water partition coefficient (Wildman–Crippen LogP) is 0.550. The Hall–Kier alpha value is -1.79. The van der Waals surface area contributed by atoms with Crippen molar-refractivity contribution in [2.45, 2.75) is 51.1 Å². The molecular formula is C13H23N3O4. The van der Waals surface area contributed by atoms with Crippen molar-refractivity contribution in [1.82, 2.24) is 15.5 Å². The van der Waals surface area contributed by atoms with Crippen LogP contribution in [0.2, 0.25) is 0 Å². The third kappa shape index (κ3) is 4.11. The number of likely N-dealkylation sites (N-methyl/N-ethyl adjacent to an activating group) is 1. The van der Waals surface area contributed by atoms with E-state index in [1.165, 1.54) is 6.92 Å². The van der Waals surface area contributed by atoms with Gasteiger partial charge in [0.25, 0.3) is 0 Å². The minimum absolute atomic E-state index is 0.0600. The molecule has 2 atom stereocenters. The molecule has 1 fully saturated rings. The largest absolute Gasteiger partial charge is 0.480 e. The van der Waals surface area contributed by atoms with Gasteiger partial charge in [-0.2, -0.15) is 0 Å². The van der Waals surface area contributed by atoms with Gasteiger partial charge in [-0.15, -0.1) is 0 Å². The van der Waals surface area contributed by atoms with Gasteiger partial charge in [-0.1, -0.05) is 13.3 Å². The second-order valence-corrected chi connectivity index (χ2v) is 5.50. The molecule has 0 spiro atoms. The smallest absolute Gasteiger partial charge is 0.329 e. The molecule has 7 heteroatoms. The summed E-state index contributed by atoms with van der Waals surface area (Å²) in [6.07, 6.45) is 1.99. The van der Waals surface area contributed by atoms with Gasteiger partial charge >= 0.3 is 12.0 Å². The van der Waals surface area contributed by atoms with Crippen molar-refractivity contribution < 1.29 is 19.5 Å². The maximum Gasteiger partial charge on any atom is 0.329 e. The number of carbonyl (C=O) groups excluding carboxylic acids is 2. The van der Waals surface area contributed by atoms with E-state index in [9.17, 15) is 19.5 Å². The number of carboxylic acids is 1. The van der Waals surface area contributed by atoms with Crippen LogP contribution >= 0.6 is 0 Å². The summed E-state index contributed by atoms with van der Waals surface area (Å²) >= 11 is 0. The van der Waals surface area contributed by atoms with E-state index in [1.807, 2.05) is 6.92 Å². The molecule has 0 radical (unpaired) electrons. The molecule has 1 saturated heterocycles. The molecule has 0 aliphatic carbocycles. The quantitative estimate of drug-likeness (QED) is 0.687. The highest BCUT2D eigenvalue weighted by Gasteiger charge is 2.34. The van der Waals surface area contributed by atoms with E-state index in [-0.39, 0.29) is 11.9 Å². The fourth-order valence-electron chi connectivity index (χ4n) is 2.33. The Labute approximate surface area is 118 Å². The van der Waals surface area contributed by atoms with Crippen LogP contribution in [0.1, 0.15) is 39.5 Å². The topological polar surface area (TPSA) is 98.7 Å². The Bertz CT molecular complexity index is 399. The molecule has 3 N–H and O–H groups in total. The van der Waals surface area contributed by atoms with Gasteiger partial charge in [0.2, 0.25) is 5.91 Å². The lowest BCUT2D eigenvalue weighted by Gasteiger charge is -2.32. The number of piperidine rings is 1. The fraction of sp³-hybridized carbons (Fsp3) is 0.769. The van der Waals surface area contributed by atoms with Crippen LogP contribution in [0.4, 0.5) is 4.79 Å². The monoisotopic (exact) mass is 285 g/mol. The van der Waals surface area contributed by atoms with Crippen LogP contribution in [0, 0.1) is 0 Å². The fourth-order valence-corrected chi connectivity index (χ4v) is 2.33. The van der Waals surface area contributed by atoms with E-state index in [0.29, 0.717) is 32.2 Å². The number of likely N-dealkylation sites (tertiary alicyclic amines) is 1. The Balaban J connectivity index is 2.54. The summed E-state index contributed by atoms with van der Waals surface area (Å²) in [5, 5.41) is 14.4. The molecule has 1 aliphatic heterocycles. The van der Waals surface area contributed by atoms with Crippen LogP contribution in [0.3, 0.4) is 0 Å². The molecule has 0 bridgehead atoms. The Morgan fingerprint density at radius 2 is 2.15 bits per heavy atom. The maximum atomic E-state index is 11.9. The summed E-state index contributed by atoms with van der Waals surface area (Å²) in [6, 6.07) is -0.645. The average molecular weight is 285 g/mol. The maximum absolute atomic E-state index is 11.9. The highest BCUT2D eigenvalue weighted by atomic mass is 16.4. The average Bonchev–Trinajstić information content (AvgIpc) is 2.33. The van der Waals surface area contributed by atoms with Gasteiger partial charge in [-0.3, -0.25) is 4.79 Å². The van der Waals surface area contributed by atoms with Crippen molar-refractivity contribution in [3.05, 3.63) is 0 Å². The number of carbonyl (C=O) groups is 3. The molecule has 3 amide bonds. The first-order valence-electron chi connectivity index (χ1n) is 6.84. The van der Waals surface area contributed by atoms with E-state index in [1.54, 1.807) is 11.9 Å². The van der Waals surface area contributed by atoms with Crippen LogP contribution in [-0.2, 0) is 9.59 Å². The first-order valence-corrected chi connectivity index (χ1v) is 6.84. The Kier molecular flexibility index (Phi) is 5.35. The molecule has 1 aliphatic rings. The first-order chi connectivity index (χ1) is 9.28. The van der Waals surface area contributed by atoms with Crippen LogP contribution in [0.25, 0.3) is 0 Å². The van der Waals surface area contributed by atoms with E-state index < -0.39 is 17.5 Å². The zero-order valence-corrected chi connectivity index (χ0v) is 12.2. The summed E-state index contributed by atoms with van der Waals surface area (Å²) in [6.45, 7) is 3.81. The molecule has 1 rings (SSSR count). The number of amides is 3. The molecule has 0 aromatic carbocycles. The first kappa shape index (κ1) is 16.3. The lowest BCUT2D eigenvalue weighted by molar-refractivity contribution is -0.144. The zero-order valence-electron chi connectivity index (χ0n) is 12.2. The van der Waals surface area contributed by atoms with Crippen molar-refractivity contribution >= 4 is 17.9 Å². The van der Waals surface area contributed by atoms with Gasteiger partial charge in [-0.05, 0) is 19.8 Å². The van der Waals surface area contributed by atoms with Crippen molar-refractivity contribution in [2.24, 2.45) is 0 Å². The Morgan fingerprint density at radius 3 is 2.65 bits per heavy atom. The summed E-state index contributed by atoms with van der Waals surface area (Å²) in [5.74, 6) is -0.991.